The highest BCUT2D eigenvalue weighted by atomic mass is 32.1. The molecule has 0 spiro atoms. The number of nitrogens with zero attached hydrogens (tertiary/aromatic N) is 5. The Balaban J connectivity index is 1.83. The van der Waals surface area contributed by atoms with Crippen molar-refractivity contribution in [1.29, 1.82) is 0 Å². The Labute approximate surface area is 119 Å². The Bertz CT molecular complexity index is 741. The van der Waals surface area contributed by atoms with Crippen LogP contribution >= 0.6 is 11.3 Å². The molecule has 102 valence electrons. The highest BCUT2D eigenvalue weighted by molar-refractivity contribution is 7.16. The summed E-state index contributed by atoms with van der Waals surface area (Å²) in [5.41, 5.74) is 7.10. The summed E-state index contributed by atoms with van der Waals surface area (Å²) in [6.07, 6.45) is 7.85. The summed E-state index contributed by atoms with van der Waals surface area (Å²) < 4.78 is 1.78. The molecule has 0 unspecified atom stereocenters. The number of hydrogen-bond donors (Lipinski definition) is 1. The molecule has 0 amide bonds. The molecule has 2 N–H and O–H groups in total. The molecule has 0 saturated heterocycles. The third-order valence-electron chi connectivity index (χ3n) is 3.83. The molecule has 7 heteroatoms. The third-order valence-corrected chi connectivity index (χ3v) is 4.95. The molecule has 3 aromatic rings. The smallest absolute Gasteiger partial charge is 0.235 e. The van der Waals surface area contributed by atoms with Crippen molar-refractivity contribution in [2.45, 2.75) is 31.2 Å². The first-order chi connectivity index (χ1) is 9.76. The van der Waals surface area contributed by atoms with Gasteiger partial charge in [0.2, 0.25) is 4.96 Å². The van der Waals surface area contributed by atoms with Crippen LogP contribution in [0.1, 0.15) is 30.7 Å². The van der Waals surface area contributed by atoms with Crippen LogP contribution in [0.5, 0.6) is 0 Å². The van der Waals surface area contributed by atoms with E-state index in [0.29, 0.717) is 0 Å². The van der Waals surface area contributed by atoms with Crippen LogP contribution in [0, 0.1) is 0 Å². The van der Waals surface area contributed by atoms with Gasteiger partial charge in [0, 0.05) is 18.0 Å². The summed E-state index contributed by atoms with van der Waals surface area (Å²) in [5, 5.41) is 14.0. The van der Waals surface area contributed by atoms with E-state index >= 15 is 0 Å². The maximum Gasteiger partial charge on any atom is 0.235 e. The van der Waals surface area contributed by atoms with Crippen molar-refractivity contribution in [3.8, 4) is 11.4 Å². The number of nitrogens with two attached hydrogens (primary N) is 1. The number of hydrogen-bond acceptors (Lipinski definition) is 6. The van der Waals surface area contributed by atoms with Gasteiger partial charge in [-0.1, -0.05) is 24.2 Å². The Morgan fingerprint density at radius 3 is 2.85 bits per heavy atom. The first-order valence-corrected chi connectivity index (χ1v) is 7.50. The Morgan fingerprint density at radius 1 is 1.25 bits per heavy atom. The molecular formula is C13H14N6S. The standard InChI is InChI=1S/C13H14N6S/c14-13(5-1-2-6-13)11-18-19-10(16-17-12(19)20-11)9-4-3-7-15-8-9/h3-4,7-8H,1-2,5-6,14H2. The monoisotopic (exact) mass is 286 g/mol. The lowest BCUT2D eigenvalue weighted by atomic mass is 10.0. The van der Waals surface area contributed by atoms with Gasteiger partial charge < -0.3 is 5.73 Å². The predicted octanol–water partition coefficient (Wildman–Crippen LogP) is 1.98. The molecule has 4 rings (SSSR count). The molecule has 20 heavy (non-hydrogen) atoms. The largest absolute Gasteiger partial charge is 0.319 e. The normalized spacial score (nSPS) is 17.9. The molecule has 0 aliphatic heterocycles. The zero-order valence-electron chi connectivity index (χ0n) is 10.9. The molecule has 1 aliphatic carbocycles. The van der Waals surface area contributed by atoms with Crippen LogP contribution in [0.25, 0.3) is 16.3 Å². The van der Waals surface area contributed by atoms with Crippen molar-refractivity contribution in [3.63, 3.8) is 0 Å². The molecular weight excluding hydrogens is 272 g/mol. The second kappa shape index (κ2) is 4.32. The molecule has 1 fully saturated rings. The summed E-state index contributed by atoms with van der Waals surface area (Å²) in [4.78, 5) is 4.90. The van der Waals surface area contributed by atoms with E-state index in [4.69, 9.17) is 5.73 Å². The van der Waals surface area contributed by atoms with E-state index in [2.05, 4.69) is 20.3 Å². The van der Waals surface area contributed by atoms with Crippen LogP contribution in [0.3, 0.4) is 0 Å². The fourth-order valence-electron chi connectivity index (χ4n) is 2.71. The first-order valence-electron chi connectivity index (χ1n) is 6.68. The lowest BCUT2D eigenvalue weighted by molar-refractivity contribution is 0.453. The molecule has 0 bridgehead atoms. The predicted molar refractivity (Wildman–Crippen MR) is 76.2 cm³/mol. The molecule has 1 saturated carbocycles. The molecule has 0 aromatic carbocycles. The fourth-order valence-corrected chi connectivity index (χ4v) is 3.71. The SMILES string of the molecule is NC1(c2nn3c(-c4cccnc4)nnc3s2)CCCC1. The van der Waals surface area contributed by atoms with E-state index in [0.717, 1.165) is 34.2 Å². The lowest BCUT2D eigenvalue weighted by Gasteiger charge is -2.19. The van der Waals surface area contributed by atoms with E-state index < -0.39 is 0 Å². The summed E-state index contributed by atoms with van der Waals surface area (Å²) >= 11 is 1.54. The van der Waals surface area contributed by atoms with E-state index in [1.165, 1.54) is 12.8 Å². The van der Waals surface area contributed by atoms with Crippen LogP contribution in [0.4, 0.5) is 0 Å². The molecule has 0 atom stereocenters. The summed E-state index contributed by atoms with van der Waals surface area (Å²) in [7, 11) is 0. The second-order valence-corrected chi connectivity index (χ2v) is 6.19. The molecule has 6 nitrogen and oxygen atoms in total. The summed E-state index contributed by atoms with van der Waals surface area (Å²) in [6.45, 7) is 0. The number of fused-ring (bicyclic) bond motifs is 1. The number of pyridine rings is 1. The van der Waals surface area contributed by atoms with Gasteiger partial charge in [-0.2, -0.15) is 9.61 Å². The molecule has 1 aliphatic rings. The van der Waals surface area contributed by atoms with Crippen LogP contribution in [0.15, 0.2) is 24.5 Å². The average Bonchev–Trinajstić information content (AvgIpc) is 3.14. The Hall–Kier alpha value is -1.86. The minimum atomic E-state index is -0.280. The second-order valence-electron chi connectivity index (χ2n) is 5.23. The van der Waals surface area contributed by atoms with Crippen molar-refractivity contribution in [2.24, 2.45) is 5.73 Å². The first kappa shape index (κ1) is 11.9. The Kier molecular flexibility index (Phi) is 2.58. The van der Waals surface area contributed by atoms with Crippen molar-refractivity contribution >= 4 is 16.3 Å². The van der Waals surface area contributed by atoms with Gasteiger partial charge in [0.05, 0.1) is 5.54 Å². The zero-order chi connectivity index (χ0) is 13.6. The van der Waals surface area contributed by atoms with Gasteiger partial charge in [-0.3, -0.25) is 4.98 Å². The van der Waals surface area contributed by atoms with Crippen molar-refractivity contribution in [1.82, 2.24) is 24.8 Å². The van der Waals surface area contributed by atoms with Gasteiger partial charge in [0.1, 0.15) is 5.01 Å². The van der Waals surface area contributed by atoms with Crippen molar-refractivity contribution in [2.75, 3.05) is 0 Å². The van der Waals surface area contributed by atoms with E-state index in [1.807, 2.05) is 12.1 Å². The summed E-state index contributed by atoms with van der Waals surface area (Å²) in [6, 6.07) is 3.83. The van der Waals surface area contributed by atoms with Crippen molar-refractivity contribution in [3.05, 3.63) is 29.5 Å². The minimum Gasteiger partial charge on any atom is -0.319 e. The average molecular weight is 286 g/mol. The zero-order valence-corrected chi connectivity index (χ0v) is 11.7. The number of rotatable bonds is 2. The van der Waals surface area contributed by atoms with Crippen LogP contribution in [-0.4, -0.2) is 24.8 Å². The highest BCUT2D eigenvalue weighted by Gasteiger charge is 2.35. The molecule has 3 aromatic heterocycles. The molecule has 0 radical (unpaired) electrons. The fraction of sp³-hybridized carbons (Fsp3) is 0.385. The maximum atomic E-state index is 6.47. The van der Waals surface area contributed by atoms with E-state index in [1.54, 1.807) is 28.2 Å². The highest BCUT2D eigenvalue weighted by Crippen LogP contribution is 2.38. The van der Waals surface area contributed by atoms with Gasteiger partial charge in [0.25, 0.3) is 0 Å². The third kappa shape index (κ3) is 1.74. The minimum absolute atomic E-state index is 0.280. The van der Waals surface area contributed by atoms with E-state index in [-0.39, 0.29) is 5.54 Å². The lowest BCUT2D eigenvalue weighted by Crippen LogP contribution is -2.33. The number of aromatic nitrogens is 5. The van der Waals surface area contributed by atoms with Gasteiger partial charge in [-0.15, -0.1) is 10.2 Å². The maximum absolute atomic E-state index is 6.47. The quantitative estimate of drug-likeness (QED) is 0.779. The topological polar surface area (TPSA) is 82.0 Å². The van der Waals surface area contributed by atoms with Gasteiger partial charge >= 0.3 is 0 Å². The van der Waals surface area contributed by atoms with E-state index in [9.17, 15) is 0 Å². The van der Waals surface area contributed by atoms with Gasteiger partial charge in [-0.25, -0.2) is 0 Å². The Morgan fingerprint density at radius 2 is 2.10 bits per heavy atom. The molecule has 3 heterocycles. The van der Waals surface area contributed by atoms with Crippen LogP contribution in [0.2, 0.25) is 0 Å². The van der Waals surface area contributed by atoms with Crippen molar-refractivity contribution < 1.29 is 0 Å². The van der Waals surface area contributed by atoms with Crippen LogP contribution < -0.4 is 5.73 Å². The van der Waals surface area contributed by atoms with Gasteiger partial charge in [-0.05, 0) is 25.0 Å². The van der Waals surface area contributed by atoms with Crippen LogP contribution in [-0.2, 0) is 5.54 Å². The van der Waals surface area contributed by atoms with Gasteiger partial charge in [0.15, 0.2) is 5.82 Å². The summed E-state index contributed by atoms with van der Waals surface area (Å²) in [5.74, 6) is 0.720.